The lowest BCUT2D eigenvalue weighted by Gasteiger charge is -2.13. The second-order valence-corrected chi connectivity index (χ2v) is 5.82. The highest BCUT2D eigenvalue weighted by molar-refractivity contribution is 9.10. The number of hydrogen-bond donors (Lipinski definition) is 1. The zero-order valence-corrected chi connectivity index (χ0v) is 13.7. The van der Waals surface area contributed by atoms with Crippen LogP contribution in [0.4, 0.5) is 5.69 Å². The molecule has 0 aliphatic heterocycles. The Balaban J connectivity index is 2.09. The van der Waals surface area contributed by atoms with Gasteiger partial charge in [-0.3, -0.25) is 0 Å². The third kappa shape index (κ3) is 4.43. The molecule has 0 atom stereocenters. The first kappa shape index (κ1) is 15.2. The van der Waals surface area contributed by atoms with Crippen molar-refractivity contribution in [2.45, 2.75) is 19.9 Å². The molecule has 4 heteroatoms. The Morgan fingerprint density at radius 1 is 1.20 bits per heavy atom. The molecule has 20 heavy (non-hydrogen) atoms. The van der Waals surface area contributed by atoms with E-state index in [1.807, 2.05) is 30.3 Å². The minimum Gasteiger partial charge on any atom is -0.491 e. The van der Waals surface area contributed by atoms with Crippen molar-refractivity contribution in [3.05, 3.63) is 57.5 Å². The molecule has 2 aromatic rings. The molecule has 0 aliphatic carbocycles. The molecule has 0 aromatic heterocycles. The highest BCUT2D eigenvalue weighted by Crippen LogP contribution is 2.28. The summed E-state index contributed by atoms with van der Waals surface area (Å²) in [7, 11) is 0. The Morgan fingerprint density at radius 2 is 2.05 bits per heavy atom. The molecule has 0 bridgehead atoms. The highest BCUT2D eigenvalue weighted by atomic mass is 79.9. The smallest absolute Gasteiger partial charge is 0.142 e. The van der Waals surface area contributed by atoms with E-state index in [1.165, 1.54) is 5.56 Å². The van der Waals surface area contributed by atoms with Crippen LogP contribution in [0.25, 0.3) is 0 Å². The summed E-state index contributed by atoms with van der Waals surface area (Å²) >= 11 is 9.53. The fourth-order valence-corrected chi connectivity index (χ4v) is 2.44. The lowest BCUT2D eigenvalue weighted by atomic mass is 10.2. The second-order valence-electron chi connectivity index (χ2n) is 4.47. The van der Waals surface area contributed by atoms with Gasteiger partial charge in [0.1, 0.15) is 5.75 Å². The van der Waals surface area contributed by atoms with E-state index in [-0.39, 0.29) is 0 Å². The highest BCUT2D eigenvalue weighted by Gasteiger charge is 2.05. The maximum absolute atomic E-state index is 6.05. The van der Waals surface area contributed by atoms with Crippen molar-refractivity contribution in [2.75, 3.05) is 11.9 Å². The molecule has 2 nitrogen and oxygen atoms in total. The van der Waals surface area contributed by atoms with Crippen LogP contribution in [0, 0.1) is 0 Å². The van der Waals surface area contributed by atoms with Crippen molar-refractivity contribution in [1.82, 2.24) is 0 Å². The molecule has 0 amide bonds. The summed E-state index contributed by atoms with van der Waals surface area (Å²) in [6, 6.07) is 13.8. The number of rotatable bonds is 6. The van der Waals surface area contributed by atoms with Crippen LogP contribution in [-0.4, -0.2) is 6.61 Å². The van der Waals surface area contributed by atoms with Gasteiger partial charge >= 0.3 is 0 Å². The van der Waals surface area contributed by atoms with Crippen LogP contribution < -0.4 is 10.1 Å². The Bertz CT molecular complexity index is 574. The van der Waals surface area contributed by atoms with E-state index < -0.39 is 0 Å². The van der Waals surface area contributed by atoms with Gasteiger partial charge < -0.3 is 10.1 Å². The number of hydrogen-bond acceptors (Lipinski definition) is 2. The molecule has 0 spiro atoms. The predicted molar refractivity (Wildman–Crippen MR) is 88.7 cm³/mol. The summed E-state index contributed by atoms with van der Waals surface area (Å²) in [5, 5.41) is 4.08. The van der Waals surface area contributed by atoms with Crippen LogP contribution in [-0.2, 0) is 6.54 Å². The quantitative estimate of drug-likeness (QED) is 0.739. The lowest BCUT2D eigenvalue weighted by molar-refractivity contribution is 0.319. The van der Waals surface area contributed by atoms with E-state index in [9.17, 15) is 0 Å². The van der Waals surface area contributed by atoms with Crippen LogP contribution in [0.2, 0.25) is 5.02 Å². The summed E-state index contributed by atoms with van der Waals surface area (Å²) in [5.41, 5.74) is 2.12. The first-order valence-corrected chi connectivity index (χ1v) is 7.77. The zero-order valence-electron chi connectivity index (χ0n) is 11.3. The Hall–Kier alpha value is -1.19. The van der Waals surface area contributed by atoms with Crippen LogP contribution in [0.1, 0.15) is 18.9 Å². The fraction of sp³-hybridized carbons (Fsp3) is 0.250. The minimum atomic E-state index is 0.700. The van der Waals surface area contributed by atoms with Crippen molar-refractivity contribution in [2.24, 2.45) is 0 Å². The first-order chi connectivity index (χ1) is 9.69. The third-order valence-corrected chi connectivity index (χ3v) is 3.50. The van der Waals surface area contributed by atoms with Crippen molar-refractivity contribution in [3.8, 4) is 5.75 Å². The monoisotopic (exact) mass is 353 g/mol. The van der Waals surface area contributed by atoms with Gasteiger partial charge in [-0.2, -0.15) is 0 Å². The summed E-state index contributed by atoms with van der Waals surface area (Å²) in [6.07, 6.45) is 0.980. The van der Waals surface area contributed by atoms with Gasteiger partial charge in [0.15, 0.2) is 0 Å². The average Bonchev–Trinajstić information content (AvgIpc) is 2.44. The fourth-order valence-electron chi connectivity index (χ4n) is 1.82. The molecule has 0 heterocycles. The molecule has 0 unspecified atom stereocenters. The number of nitrogens with one attached hydrogen (secondary N) is 1. The van der Waals surface area contributed by atoms with E-state index in [4.69, 9.17) is 16.3 Å². The van der Waals surface area contributed by atoms with Crippen LogP contribution in [0.15, 0.2) is 46.9 Å². The topological polar surface area (TPSA) is 21.3 Å². The lowest BCUT2D eigenvalue weighted by Crippen LogP contribution is -2.03. The van der Waals surface area contributed by atoms with Gasteiger partial charge in [-0.05, 0) is 42.3 Å². The number of ether oxygens (including phenoxy) is 1. The van der Waals surface area contributed by atoms with Gasteiger partial charge in [0, 0.05) is 16.0 Å². The number of benzene rings is 2. The SMILES string of the molecule is CCCOc1ccc(Cl)cc1NCc1cccc(Br)c1. The van der Waals surface area contributed by atoms with Crippen molar-refractivity contribution in [3.63, 3.8) is 0 Å². The second kappa shape index (κ2) is 7.55. The molecular weight excluding hydrogens is 338 g/mol. The summed E-state index contributed by atoms with van der Waals surface area (Å²) < 4.78 is 6.80. The maximum Gasteiger partial charge on any atom is 0.142 e. The largest absolute Gasteiger partial charge is 0.491 e. The first-order valence-electron chi connectivity index (χ1n) is 6.59. The molecule has 0 radical (unpaired) electrons. The average molecular weight is 355 g/mol. The molecular formula is C16H17BrClNO. The Morgan fingerprint density at radius 3 is 2.80 bits per heavy atom. The summed E-state index contributed by atoms with van der Waals surface area (Å²) in [4.78, 5) is 0. The summed E-state index contributed by atoms with van der Waals surface area (Å²) in [6.45, 7) is 3.51. The van der Waals surface area contributed by atoms with Gasteiger partial charge in [-0.1, -0.05) is 46.6 Å². The molecule has 2 aromatic carbocycles. The third-order valence-electron chi connectivity index (χ3n) is 2.78. The van der Waals surface area contributed by atoms with E-state index in [2.05, 4.69) is 40.3 Å². The number of halogens is 2. The van der Waals surface area contributed by atoms with Gasteiger partial charge in [-0.25, -0.2) is 0 Å². The van der Waals surface area contributed by atoms with E-state index in [0.717, 1.165) is 28.9 Å². The van der Waals surface area contributed by atoms with Gasteiger partial charge in [-0.15, -0.1) is 0 Å². The maximum atomic E-state index is 6.05. The van der Waals surface area contributed by atoms with Crippen molar-refractivity contribution < 1.29 is 4.74 Å². The molecule has 106 valence electrons. The number of anilines is 1. The molecule has 0 aliphatic rings. The Labute approximate surface area is 133 Å². The normalized spacial score (nSPS) is 10.3. The Kier molecular flexibility index (Phi) is 5.74. The predicted octanol–water partition coefficient (Wildman–Crippen LogP) is 5.50. The summed E-state index contributed by atoms with van der Waals surface area (Å²) in [5.74, 6) is 0.839. The van der Waals surface area contributed by atoms with Crippen LogP contribution >= 0.6 is 27.5 Å². The van der Waals surface area contributed by atoms with Crippen LogP contribution in [0.3, 0.4) is 0 Å². The molecule has 0 saturated heterocycles. The van der Waals surface area contributed by atoms with E-state index in [0.29, 0.717) is 11.6 Å². The molecule has 0 fully saturated rings. The molecule has 2 rings (SSSR count). The zero-order chi connectivity index (χ0) is 14.4. The van der Waals surface area contributed by atoms with Gasteiger partial charge in [0.25, 0.3) is 0 Å². The molecule has 1 N–H and O–H groups in total. The van der Waals surface area contributed by atoms with E-state index >= 15 is 0 Å². The standard InChI is InChI=1S/C16H17BrClNO/c1-2-8-20-16-7-6-14(18)10-15(16)19-11-12-4-3-5-13(17)9-12/h3-7,9-10,19H,2,8,11H2,1H3. The van der Waals surface area contributed by atoms with Crippen molar-refractivity contribution in [1.29, 1.82) is 0 Å². The molecule has 0 saturated carbocycles. The van der Waals surface area contributed by atoms with E-state index in [1.54, 1.807) is 0 Å². The minimum absolute atomic E-state index is 0.700. The van der Waals surface area contributed by atoms with Crippen LogP contribution in [0.5, 0.6) is 5.75 Å². The van der Waals surface area contributed by atoms with Gasteiger partial charge in [0.05, 0.1) is 12.3 Å². The van der Waals surface area contributed by atoms with Gasteiger partial charge in [0.2, 0.25) is 0 Å². The van der Waals surface area contributed by atoms with Crippen molar-refractivity contribution >= 4 is 33.2 Å².